The Morgan fingerprint density at radius 1 is 1.00 bits per heavy atom. The first kappa shape index (κ1) is 22.5. The van der Waals surface area contributed by atoms with E-state index in [-0.39, 0.29) is 63.3 Å². The second kappa shape index (κ2) is 10.7. The number of carboxylic acid groups (broad SMARTS) is 1. The fraction of sp³-hybridized carbons (Fsp3) is 0.526. The zero-order chi connectivity index (χ0) is 18.5. The van der Waals surface area contributed by atoms with Crippen molar-refractivity contribution in [2.24, 2.45) is 0 Å². The molecule has 1 aliphatic carbocycles. The number of nitrogens with zero attached hydrogens (tertiary/aromatic N) is 1. The number of carboxylic acids is 1. The van der Waals surface area contributed by atoms with E-state index in [2.05, 4.69) is 15.5 Å². The van der Waals surface area contributed by atoms with Crippen LogP contribution in [-0.4, -0.2) is 47.9 Å². The molecule has 0 radical (unpaired) electrons. The van der Waals surface area contributed by atoms with E-state index in [1.807, 2.05) is 0 Å². The fourth-order valence-corrected chi connectivity index (χ4v) is 3.84. The molecule has 1 aromatic rings. The Labute approximate surface area is 201 Å². The zero-order valence-corrected chi connectivity index (χ0v) is 18.8. The van der Waals surface area contributed by atoms with Crippen LogP contribution in [0.4, 0.5) is 5.69 Å². The Hall–Kier alpha value is -0.774. The van der Waals surface area contributed by atoms with E-state index < -0.39 is 11.9 Å². The molecule has 1 aromatic carbocycles. The van der Waals surface area contributed by atoms with Crippen LogP contribution in [0.25, 0.3) is 0 Å². The molecule has 2 amide bonds. The van der Waals surface area contributed by atoms with Gasteiger partial charge in [0, 0.05) is 36.4 Å². The molecule has 7 nitrogen and oxygen atoms in total. The van der Waals surface area contributed by atoms with Crippen molar-refractivity contribution in [2.75, 3.05) is 18.4 Å². The molecule has 0 bridgehead atoms. The second-order valence-electron chi connectivity index (χ2n) is 7.06. The SMILES string of the molecule is O=C([O-])C(=O)Nc1ccc(C(=O)NC2CCN(C3CCCCC3)C2)cc1.[K+]. The first-order chi connectivity index (χ1) is 12.5. The van der Waals surface area contributed by atoms with Gasteiger partial charge >= 0.3 is 51.4 Å². The average molecular weight is 398 g/mol. The Morgan fingerprint density at radius 2 is 1.67 bits per heavy atom. The molecule has 1 aliphatic heterocycles. The van der Waals surface area contributed by atoms with Crippen molar-refractivity contribution in [3.8, 4) is 0 Å². The minimum atomic E-state index is -1.80. The summed E-state index contributed by atoms with van der Waals surface area (Å²) >= 11 is 0. The van der Waals surface area contributed by atoms with Crippen LogP contribution in [0, 0.1) is 0 Å². The van der Waals surface area contributed by atoms with Crippen molar-refractivity contribution in [3.63, 3.8) is 0 Å². The maximum Gasteiger partial charge on any atom is 1.00 e. The third kappa shape index (κ3) is 6.37. The summed E-state index contributed by atoms with van der Waals surface area (Å²) < 4.78 is 0. The van der Waals surface area contributed by atoms with Gasteiger partial charge in [-0.3, -0.25) is 14.5 Å². The van der Waals surface area contributed by atoms with E-state index in [1.54, 1.807) is 12.1 Å². The van der Waals surface area contributed by atoms with Gasteiger partial charge in [-0.15, -0.1) is 0 Å². The molecular weight excluding hydrogens is 373 g/mol. The number of likely N-dealkylation sites (tertiary alicyclic amines) is 1. The third-order valence-electron chi connectivity index (χ3n) is 5.24. The fourth-order valence-electron chi connectivity index (χ4n) is 3.84. The van der Waals surface area contributed by atoms with E-state index in [9.17, 15) is 19.5 Å². The molecule has 1 unspecified atom stereocenters. The van der Waals surface area contributed by atoms with Crippen LogP contribution in [0.15, 0.2) is 24.3 Å². The van der Waals surface area contributed by atoms with E-state index in [1.165, 1.54) is 44.2 Å². The summed E-state index contributed by atoms with van der Waals surface area (Å²) in [5.41, 5.74) is 0.785. The summed E-state index contributed by atoms with van der Waals surface area (Å²) in [6.07, 6.45) is 7.43. The molecule has 1 saturated carbocycles. The third-order valence-corrected chi connectivity index (χ3v) is 5.24. The molecule has 2 fully saturated rings. The van der Waals surface area contributed by atoms with Crippen molar-refractivity contribution in [3.05, 3.63) is 29.8 Å². The Morgan fingerprint density at radius 3 is 2.30 bits per heavy atom. The molecule has 27 heavy (non-hydrogen) atoms. The summed E-state index contributed by atoms with van der Waals surface area (Å²) in [5, 5.41) is 15.7. The largest absolute Gasteiger partial charge is 1.00 e. The summed E-state index contributed by atoms with van der Waals surface area (Å²) in [6, 6.07) is 6.94. The minimum absolute atomic E-state index is 0. The summed E-state index contributed by atoms with van der Waals surface area (Å²) in [5.74, 6) is -3.16. The molecule has 1 saturated heterocycles. The number of rotatable bonds is 4. The van der Waals surface area contributed by atoms with Crippen LogP contribution in [0.3, 0.4) is 0 Å². The number of nitrogens with one attached hydrogen (secondary N) is 2. The van der Waals surface area contributed by atoms with E-state index in [0.717, 1.165) is 19.5 Å². The maximum absolute atomic E-state index is 12.4. The summed E-state index contributed by atoms with van der Waals surface area (Å²) in [7, 11) is 0. The maximum atomic E-state index is 12.4. The number of amides is 2. The van der Waals surface area contributed by atoms with Gasteiger partial charge in [-0.05, 0) is 43.5 Å². The van der Waals surface area contributed by atoms with Crippen molar-refractivity contribution < 1.29 is 70.9 Å². The van der Waals surface area contributed by atoms with Gasteiger partial charge in [0.25, 0.3) is 11.8 Å². The van der Waals surface area contributed by atoms with Gasteiger partial charge in [0.2, 0.25) is 0 Å². The molecule has 8 heteroatoms. The molecule has 140 valence electrons. The Kier molecular flexibility index (Phi) is 8.91. The number of aliphatic carboxylic acids is 1. The number of carbonyl (C=O) groups is 3. The Balaban J connectivity index is 0.00000261. The van der Waals surface area contributed by atoms with E-state index in [0.29, 0.717) is 17.3 Å². The number of benzene rings is 1. The number of hydrogen-bond acceptors (Lipinski definition) is 5. The predicted molar refractivity (Wildman–Crippen MR) is 94.4 cm³/mol. The van der Waals surface area contributed by atoms with Gasteiger partial charge in [-0.2, -0.15) is 0 Å². The standard InChI is InChI=1S/C19H25N3O4.K/c23-17(13-6-8-14(9-7-13)20-18(24)19(25)26)21-15-10-11-22(12-15)16-4-2-1-3-5-16;/h6-9,15-16H,1-5,10-12H2,(H,20,24)(H,21,23)(H,25,26);/q;+1/p-1. The van der Waals surface area contributed by atoms with Crippen LogP contribution in [0.2, 0.25) is 0 Å². The molecule has 1 atom stereocenters. The van der Waals surface area contributed by atoms with Crippen molar-refractivity contribution >= 4 is 23.5 Å². The normalized spacial score (nSPS) is 20.5. The van der Waals surface area contributed by atoms with Crippen LogP contribution < -0.4 is 67.1 Å². The average Bonchev–Trinajstić information content (AvgIpc) is 3.11. The smallest absolute Gasteiger partial charge is 0.540 e. The van der Waals surface area contributed by atoms with Gasteiger partial charge in [0.1, 0.15) is 5.97 Å². The number of anilines is 1. The second-order valence-corrected chi connectivity index (χ2v) is 7.06. The van der Waals surface area contributed by atoms with Gasteiger partial charge in [0.05, 0.1) is 0 Å². The van der Waals surface area contributed by atoms with E-state index in [4.69, 9.17) is 0 Å². The van der Waals surface area contributed by atoms with Crippen LogP contribution in [0.5, 0.6) is 0 Å². The quantitative estimate of drug-likeness (QED) is 0.433. The van der Waals surface area contributed by atoms with Gasteiger partial charge in [0.15, 0.2) is 0 Å². The topological polar surface area (TPSA) is 102 Å². The molecular formula is C19H24KN3O4. The molecule has 2 aliphatic rings. The summed E-state index contributed by atoms with van der Waals surface area (Å²) in [4.78, 5) is 36.4. The molecule has 2 N–H and O–H groups in total. The number of carbonyl (C=O) groups excluding carboxylic acids is 3. The minimum Gasteiger partial charge on any atom is -0.540 e. The first-order valence-electron chi connectivity index (χ1n) is 9.20. The van der Waals surface area contributed by atoms with Crippen LogP contribution >= 0.6 is 0 Å². The Bertz CT molecular complexity index is 674. The zero-order valence-electron chi connectivity index (χ0n) is 15.7. The summed E-state index contributed by atoms with van der Waals surface area (Å²) in [6.45, 7) is 1.93. The number of hydrogen-bond donors (Lipinski definition) is 2. The van der Waals surface area contributed by atoms with Crippen molar-refractivity contribution in [1.82, 2.24) is 10.2 Å². The van der Waals surface area contributed by atoms with E-state index >= 15 is 0 Å². The molecule has 3 rings (SSSR count). The van der Waals surface area contributed by atoms with Crippen LogP contribution in [0.1, 0.15) is 48.9 Å². The molecule has 0 spiro atoms. The predicted octanol–water partition coefficient (Wildman–Crippen LogP) is -2.48. The molecule has 1 heterocycles. The monoisotopic (exact) mass is 397 g/mol. The van der Waals surface area contributed by atoms with Crippen LogP contribution in [-0.2, 0) is 9.59 Å². The van der Waals surface area contributed by atoms with Gasteiger partial charge in [-0.1, -0.05) is 19.3 Å². The molecule has 0 aromatic heterocycles. The van der Waals surface area contributed by atoms with Gasteiger partial charge in [-0.25, -0.2) is 0 Å². The first-order valence-corrected chi connectivity index (χ1v) is 9.20. The van der Waals surface area contributed by atoms with Crippen molar-refractivity contribution in [1.29, 1.82) is 0 Å². The van der Waals surface area contributed by atoms with Gasteiger partial charge < -0.3 is 20.5 Å². The van der Waals surface area contributed by atoms with Crippen molar-refractivity contribution in [2.45, 2.75) is 50.6 Å².